The molecule has 27 heavy (non-hydrogen) atoms. The van der Waals surface area contributed by atoms with Crippen LogP contribution in [0.4, 0.5) is 0 Å². The molecule has 2 aromatic rings. The van der Waals surface area contributed by atoms with Crippen LogP contribution >= 0.6 is 23.2 Å². The number of carbonyl (C=O) groups excluding carboxylic acids is 1. The van der Waals surface area contributed by atoms with Crippen molar-refractivity contribution in [3.05, 3.63) is 63.6 Å². The van der Waals surface area contributed by atoms with E-state index in [0.717, 1.165) is 38.4 Å². The van der Waals surface area contributed by atoms with E-state index in [1.54, 1.807) is 12.1 Å². The van der Waals surface area contributed by atoms with Crippen molar-refractivity contribution in [2.45, 2.75) is 6.04 Å². The normalized spacial score (nSPS) is 16.0. The quantitative estimate of drug-likeness (QED) is 0.769. The van der Waals surface area contributed by atoms with Gasteiger partial charge in [-0.15, -0.1) is 0 Å². The van der Waals surface area contributed by atoms with Crippen molar-refractivity contribution in [3.63, 3.8) is 0 Å². The van der Waals surface area contributed by atoms with Crippen LogP contribution in [0.25, 0.3) is 0 Å². The van der Waals surface area contributed by atoms with E-state index < -0.39 is 0 Å². The van der Waals surface area contributed by atoms with Crippen LogP contribution < -0.4 is 15.0 Å². The molecule has 1 aliphatic rings. The summed E-state index contributed by atoms with van der Waals surface area (Å²) >= 11 is 12.4. The molecule has 3 rings (SSSR count). The van der Waals surface area contributed by atoms with Crippen molar-refractivity contribution in [1.29, 1.82) is 0 Å². The average molecular weight is 410 g/mol. The molecule has 1 atom stereocenters. The molecule has 144 valence electrons. The number of hydrogen-bond donors (Lipinski definition) is 2. The Morgan fingerprint density at radius 1 is 1.19 bits per heavy atom. The lowest BCUT2D eigenvalue weighted by atomic mass is 10.1. The van der Waals surface area contributed by atoms with E-state index in [-0.39, 0.29) is 11.9 Å². The number of carbonyl (C=O) groups is 1. The lowest BCUT2D eigenvalue weighted by Gasteiger charge is -2.28. The third-order valence-electron chi connectivity index (χ3n) is 4.66. The van der Waals surface area contributed by atoms with Gasteiger partial charge in [0.1, 0.15) is 25.7 Å². The van der Waals surface area contributed by atoms with Crippen molar-refractivity contribution in [2.24, 2.45) is 0 Å². The first-order chi connectivity index (χ1) is 13.1. The molecule has 0 radical (unpaired) electrons. The second-order valence-corrected chi connectivity index (χ2v) is 7.29. The minimum absolute atomic E-state index is 0.119. The lowest BCUT2D eigenvalue weighted by Crippen LogP contribution is -3.14. The van der Waals surface area contributed by atoms with Crippen molar-refractivity contribution in [1.82, 2.24) is 5.32 Å². The van der Waals surface area contributed by atoms with Crippen LogP contribution in [0.1, 0.15) is 22.0 Å². The summed E-state index contributed by atoms with van der Waals surface area (Å²) in [4.78, 5) is 14.3. The van der Waals surface area contributed by atoms with E-state index in [4.69, 9.17) is 32.7 Å². The molecule has 0 spiro atoms. The van der Waals surface area contributed by atoms with Gasteiger partial charge in [-0.3, -0.25) is 4.79 Å². The number of benzene rings is 2. The Labute approximate surface area is 169 Å². The minimum atomic E-state index is -0.219. The molecule has 1 fully saturated rings. The first kappa shape index (κ1) is 20.0. The van der Waals surface area contributed by atoms with Gasteiger partial charge in [-0.05, 0) is 17.7 Å². The third-order valence-corrected chi connectivity index (χ3v) is 5.23. The molecule has 1 aliphatic heterocycles. The second kappa shape index (κ2) is 9.42. The maximum absolute atomic E-state index is 12.9. The van der Waals surface area contributed by atoms with Gasteiger partial charge in [0.15, 0.2) is 5.75 Å². The summed E-state index contributed by atoms with van der Waals surface area (Å²) in [5.41, 5.74) is 1.47. The van der Waals surface area contributed by atoms with E-state index in [1.807, 2.05) is 30.3 Å². The monoisotopic (exact) mass is 409 g/mol. The van der Waals surface area contributed by atoms with Crippen molar-refractivity contribution < 1.29 is 19.2 Å². The Bertz CT molecular complexity index is 757. The molecule has 0 bridgehead atoms. The summed E-state index contributed by atoms with van der Waals surface area (Å²) in [5.74, 6) is 0.148. The van der Waals surface area contributed by atoms with Crippen LogP contribution in [0.2, 0.25) is 10.0 Å². The van der Waals surface area contributed by atoms with Crippen LogP contribution in [-0.4, -0.2) is 45.9 Å². The molecule has 2 aromatic carbocycles. The average Bonchev–Trinajstić information content (AvgIpc) is 2.68. The van der Waals surface area contributed by atoms with Gasteiger partial charge in [-0.25, -0.2) is 0 Å². The topological polar surface area (TPSA) is 52.0 Å². The number of ether oxygens (including phenoxy) is 2. The molecular formula is C20H23Cl2N2O3+. The number of quaternary nitrogens is 1. The van der Waals surface area contributed by atoms with E-state index in [2.05, 4.69) is 5.32 Å². The maximum Gasteiger partial charge on any atom is 0.252 e. The van der Waals surface area contributed by atoms with Gasteiger partial charge in [0.25, 0.3) is 5.91 Å². The Hall–Kier alpha value is -1.79. The number of methoxy groups -OCH3 is 1. The van der Waals surface area contributed by atoms with Crippen LogP contribution in [0.3, 0.4) is 0 Å². The number of morpholine rings is 1. The SMILES string of the molecule is COc1c(Cl)cc(C(=O)N[C@H](C[NH+]2CCOCC2)c2ccccc2)cc1Cl. The number of rotatable bonds is 6. The fraction of sp³-hybridized carbons (Fsp3) is 0.350. The lowest BCUT2D eigenvalue weighted by molar-refractivity contribution is -0.909. The number of halogens is 2. The molecule has 1 heterocycles. The van der Waals surface area contributed by atoms with Crippen LogP contribution in [0.5, 0.6) is 5.75 Å². The number of hydrogen-bond acceptors (Lipinski definition) is 3. The zero-order chi connectivity index (χ0) is 19.2. The minimum Gasteiger partial charge on any atom is -0.494 e. The molecule has 1 saturated heterocycles. The first-order valence-corrected chi connectivity index (χ1v) is 9.64. The van der Waals surface area contributed by atoms with Crippen molar-refractivity contribution in [3.8, 4) is 5.75 Å². The summed E-state index contributed by atoms with van der Waals surface area (Å²) in [5, 5.41) is 3.75. The fourth-order valence-corrected chi connectivity index (χ4v) is 3.86. The van der Waals surface area contributed by atoms with Gasteiger partial charge in [0.05, 0.1) is 30.4 Å². The fourth-order valence-electron chi connectivity index (χ4n) is 3.22. The largest absolute Gasteiger partial charge is 0.494 e. The molecule has 2 N–H and O–H groups in total. The predicted molar refractivity (Wildman–Crippen MR) is 106 cm³/mol. The summed E-state index contributed by atoms with van der Waals surface area (Å²) in [6.45, 7) is 4.14. The smallest absolute Gasteiger partial charge is 0.252 e. The molecule has 0 unspecified atom stereocenters. The highest BCUT2D eigenvalue weighted by Gasteiger charge is 2.24. The molecule has 1 amide bonds. The Balaban J connectivity index is 1.79. The second-order valence-electron chi connectivity index (χ2n) is 6.48. The highest BCUT2D eigenvalue weighted by Crippen LogP contribution is 2.33. The van der Waals surface area contributed by atoms with Crippen LogP contribution in [0.15, 0.2) is 42.5 Å². The molecule has 0 saturated carbocycles. The van der Waals surface area contributed by atoms with E-state index >= 15 is 0 Å². The number of nitrogens with one attached hydrogen (secondary N) is 2. The Morgan fingerprint density at radius 3 is 2.41 bits per heavy atom. The zero-order valence-corrected chi connectivity index (χ0v) is 16.6. The van der Waals surface area contributed by atoms with Gasteiger partial charge in [0, 0.05) is 5.56 Å². The standard InChI is InChI=1S/C20H22Cl2N2O3/c1-26-19-16(21)11-15(12-17(19)22)20(25)23-18(14-5-3-2-4-6-14)13-24-7-9-27-10-8-24/h2-6,11-12,18H,7-10,13H2,1H3,(H,23,25)/p+1/t18-/m1/s1. The van der Waals surface area contributed by atoms with E-state index in [1.165, 1.54) is 12.0 Å². The zero-order valence-electron chi connectivity index (χ0n) is 15.1. The van der Waals surface area contributed by atoms with E-state index in [0.29, 0.717) is 21.4 Å². The summed E-state index contributed by atoms with van der Waals surface area (Å²) in [6, 6.07) is 13.0. The molecule has 7 heteroatoms. The third kappa shape index (κ3) is 5.14. The highest BCUT2D eigenvalue weighted by atomic mass is 35.5. The van der Waals surface area contributed by atoms with Gasteiger partial charge >= 0.3 is 0 Å². The summed E-state index contributed by atoms with van der Waals surface area (Å²) < 4.78 is 10.6. The van der Waals surface area contributed by atoms with E-state index in [9.17, 15) is 4.79 Å². The maximum atomic E-state index is 12.9. The molecule has 0 aromatic heterocycles. The summed E-state index contributed by atoms with van der Waals surface area (Å²) in [6.07, 6.45) is 0. The van der Waals surface area contributed by atoms with Crippen LogP contribution in [0, 0.1) is 0 Å². The van der Waals surface area contributed by atoms with Crippen molar-refractivity contribution in [2.75, 3.05) is 40.0 Å². The Morgan fingerprint density at radius 2 is 1.81 bits per heavy atom. The van der Waals surface area contributed by atoms with Crippen molar-refractivity contribution >= 4 is 29.1 Å². The summed E-state index contributed by atoms with van der Waals surface area (Å²) in [7, 11) is 1.49. The Kier molecular flexibility index (Phi) is 6.96. The van der Waals surface area contributed by atoms with Gasteiger partial charge in [-0.1, -0.05) is 53.5 Å². The van der Waals surface area contributed by atoms with Gasteiger partial charge in [0.2, 0.25) is 0 Å². The van der Waals surface area contributed by atoms with Gasteiger partial charge in [-0.2, -0.15) is 0 Å². The predicted octanol–water partition coefficient (Wildman–Crippen LogP) is 2.39. The molecule has 0 aliphatic carbocycles. The highest BCUT2D eigenvalue weighted by molar-refractivity contribution is 6.37. The molecule has 5 nitrogen and oxygen atoms in total. The first-order valence-electron chi connectivity index (χ1n) is 8.88. The van der Waals surface area contributed by atoms with Gasteiger partial charge < -0.3 is 19.7 Å². The number of amides is 1. The van der Waals surface area contributed by atoms with Crippen LogP contribution in [-0.2, 0) is 4.74 Å². The molecular weight excluding hydrogens is 387 g/mol.